The molecular weight excluding hydrogens is 310 g/mol. The quantitative estimate of drug-likeness (QED) is 0.496. The van der Waals surface area contributed by atoms with E-state index in [0.717, 1.165) is 6.54 Å². The van der Waals surface area contributed by atoms with Gasteiger partial charge in [-0.1, -0.05) is 13.8 Å². The smallest absolute Gasteiger partial charge is 0.248 e. The van der Waals surface area contributed by atoms with Crippen LogP contribution in [0.2, 0.25) is 0 Å². The van der Waals surface area contributed by atoms with Crippen molar-refractivity contribution >= 4 is 11.8 Å². The van der Waals surface area contributed by atoms with Crippen LogP contribution in [0.25, 0.3) is 0 Å². The second kappa shape index (κ2) is 8.60. The van der Waals surface area contributed by atoms with E-state index in [4.69, 9.17) is 4.74 Å². The number of amides is 2. The topological polar surface area (TPSA) is 90.9 Å². The van der Waals surface area contributed by atoms with E-state index in [1.54, 1.807) is 0 Å². The number of carbonyl (C=O) groups is 2. The van der Waals surface area contributed by atoms with Crippen LogP contribution < -0.4 is 10.6 Å². The summed E-state index contributed by atoms with van der Waals surface area (Å²) in [6, 6.07) is 0. The fourth-order valence-corrected chi connectivity index (χ4v) is 2.36. The molecule has 0 aromatic heterocycles. The van der Waals surface area contributed by atoms with E-state index >= 15 is 0 Å². The van der Waals surface area contributed by atoms with E-state index < -0.39 is 17.2 Å². The number of likely N-dealkylation sites (N-methyl/N-ethyl adjacent to an activating group) is 1. The molecule has 1 aliphatic heterocycles. The van der Waals surface area contributed by atoms with Gasteiger partial charge in [0, 0.05) is 31.2 Å². The standard InChI is InChI=1S/C17H31N3O4/c1-16(2,15(23)19-10-9-18-5)8-11-24-17(3,4)12-20-13(21)6-7-14(20)22/h6-7,13,18,21H,8-12H2,1-5H3,(H,19,23). The Labute approximate surface area is 144 Å². The Bertz CT molecular complexity index is 474. The second-order valence-corrected chi connectivity index (χ2v) is 7.34. The maximum absolute atomic E-state index is 12.2. The molecule has 0 spiro atoms. The van der Waals surface area contributed by atoms with Gasteiger partial charge in [0.05, 0.1) is 12.1 Å². The van der Waals surface area contributed by atoms with Crippen molar-refractivity contribution in [2.24, 2.45) is 5.41 Å². The first-order chi connectivity index (χ1) is 11.1. The number of rotatable bonds is 10. The number of hydrogen-bond donors (Lipinski definition) is 3. The van der Waals surface area contributed by atoms with E-state index in [1.165, 1.54) is 17.1 Å². The summed E-state index contributed by atoms with van der Waals surface area (Å²) in [4.78, 5) is 25.2. The van der Waals surface area contributed by atoms with Crippen LogP contribution in [-0.4, -0.2) is 66.9 Å². The molecule has 24 heavy (non-hydrogen) atoms. The number of aliphatic hydroxyl groups is 1. The summed E-state index contributed by atoms with van der Waals surface area (Å²) >= 11 is 0. The largest absolute Gasteiger partial charge is 0.374 e. The van der Waals surface area contributed by atoms with Gasteiger partial charge < -0.3 is 25.4 Å². The molecule has 1 atom stereocenters. The molecule has 0 aromatic rings. The van der Waals surface area contributed by atoms with Crippen LogP contribution in [0.15, 0.2) is 12.2 Å². The lowest BCUT2D eigenvalue weighted by Crippen LogP contribution is -2.46. The molecule has 1 aliphatic rings. The highest BCUT2D eigenvalue weighted by atomic mass is 16.5. The molecule has 0 bridgehead atoms. The minimum atomic E-state index is -0.894. The van der Waals surface area contributed by atoms with Gasteiger partial charge in [-0.3, -0.25) is 9.59 Å². The number of ether oxygens (including phenoxy) is 1. The van der Waals surface area contributed by atoms with Crippen molar-refractivity contribution in [2.45, 2.75) is 45.9 Å². The average molecular weight is 341 g/mol. The fraction of sp³-hybridized carbons (Fsp3) is 0.765. The highest BCUT2D eigenvalue weighted by Crippen LogP contribution is 2.23. The van der Waals surface area contributed by atoms with Crippen LogP contribution >= 0.6 is 0 Å². The third kappa shape index (κ3) is 6.22. The number of nitrogens with zero attached hydrogens (tertiary/aromatic N) is 1. The van der Waals surface area contributed by atoms with Crippen LogP contribution in [0.1, 0.15) is 34.1 Å². The van der Waals surface area contributed by atoms with Crippen molar-refractivity contribution in [1.29, 1.82) is 0 Å². The normalized spacial score (nSPS) is 18.3. The van der Waals surface area contributed by atoms with E-state index in [0.29, 0.717) is 19.6 Å². The molecule has 0 radical (unpaired) electrons. The highest BCUT2D eigenvalue weighted by molar-refractivity contribution is 5.90. The van der Waals surface area contributed by atoms with Crippen molar-refractivity contribution in [3.05, 3.63) is 12.2 Å². The Morgan fingerprint density at radius 1 is 1.33 bits per heavy atom. The Balaban J connectivity index is 2.41. The molecule has 7 heteroatoms. The number of aliphatic hydroxyl groups excluding tert-OH is 1. The zero-order valence-electron chi connectivity index (χ0n) is 15.4. The summed E-state index contributed by atoms with van der Waals surface area (Å²) in [6.07, 6.45) is 2.49. The van der Waals surface area contributed by atoms with Gasteiger partial charge in [0.15, 0.2) is 0 Å². The molecule has 138 valence electrons. The summed E-state index contributed by atoms with van der Waals surface area (Å²) in [7, 11) is 1.84. The molecule has 1 rings (SSSR count). The van der Waals surface area contributed by atoms with Crippen LogP contribution in [0.5, 0.6) is 0 Å². The molecule has 1 unspecified atom stereocenters. The Kier molecular flexibility index (Phi) is 7.38. The first kappa shape index (κ1) is 20.6. The Morgan fingerprint density at radius 3 is 2.54 bits per heavy atom. The molecule has 2 amide bonds. The zero-order valence-corrected chi connectivity index (χ0v) is 15.4. The van der Waals surface area contributed by atoms with Crippen molar-refractivity contribution in [1.82, 2.24) is 15.5 Å². The van der Waals surface area contributed by atoms with Crippen molar-refractivity contribution in [3.63, 3.8) is 0 Å². The van der Waals surface area contributed by atoms with Crippen LogP contribution in [0, 0.1) is 5.41 Å². The van der Waals surface area contributed by atoms with Crippen molar-refractivity contribution in [3.8, 4) is 0 Å². The lowest BCUT2D eigenvalue weighted by molar-refractivity contribution is -0.139. The second-order valence-electron chi connectivity index (χ2n) is 7.34. The minimum Gasteiger partial charge on any atom is -0.374 e. The van der Waals surface area contributed by atoms with E-state index in [2.05, 4.69) is 10.6 Å². The summed E-state index contributed by atoms with van der Waals surface area (Å²) in [5, 5.41) is 15.6. The highest BCUT2D eigenvalue weighted by Gasteiger charge is 2.32. The van der Waals surface area contributed by atoms with Crippen LogP contribution in [0.3, 0.4) is 0 Å². The molecule has 0 fully saturated rings. The third-order valence-corrected chi connectivity index (χ3v) is 4.06. The summed E-state index contributed by atoms with van der Waals surface area (Å²) in [5.41, 5.74) is -1.14. The van der Waals surface area contributed by atoms with Gasteiger partial charge in [-0.25, -0.2) is 0 Å². The number of nitrogens with one attached hydrogen (secondary N) is 2. The molecule has 1 heterocycles. The average Bonchev–Trinajstić information content (AvgIpc) is 2.78. The molecule has 3 N–H and O–H groups in total. The monoisotopic (exact) mass is 341 g/mol. The van der Waals surface area contributed by atoms with Gasteiger partial charge in [0.1, 0.15) is 6.23 Å². The summed E-state index contributed by atoms with van der Waals surface area (Å²) < 4.78 is 5.87. The van der Waals surface area contributed by atoms with Gasteiger partial charge in [0.2, 0.25) is 11.8 Å². The van der Waals surface area contributed by atoms with Gasteiger partial charge >= 0.3 is 0 Å². The minimum absolute atomic E-state index is 0.00602. The lowest BCUT2D eigenvalue weighted by Gasteiger charge is -2.33. The van der Waals surface area contributed by atoms with E-state index in [9.17, 15) is 14.7 Å². The number of carbonyl (C=O) groups excluding carboxylic acids is 2. The number of hydrogen-bond acceptors (Lipinski definition) is 5. The third-order valence-electron chi connectivity index (χ3n) is 4.06. The van der Waals surface area contributed by atoms with Crippen molar-refractivity contribution in [2.75, 3.05) is 33.3 Å². The molecule has 7 nitrogen and oxygen atoms in total. The Hall–Kier alpha value is -1.44. The molecule has 0 saturated carbocycles. The summed E-state index contributed by atoms with van der Waals surface area (Å²) in [5.74, 6) is -0.225. The summed E-state index contributed by atoms with van der Waals surface area (Å²) in [6.45, 7) is 9.50. The van der Waals surface area contributed by atoms with Crippen LogP contribution in [0.4, 0.5) is 0 Å². The van der Waals surface area contributed by atoms with Gasteiger partial charge in [0.25, 0.3) is 0 Å². The molecular formula is C17H31N3O4. The maximum Gasteiger partial charge on any atom is 0.248 e. The maximum atomic E-state index is 12.2. The van der Waals surface area contributed by atoms with Gasteiger partial charge in [-0.15, -0.1) is 0 Å². The molecule has 0 saturated heterocycles. The molecule has 0 aliphatic carbocycles. The lowest BCUT2D eigenvalue weighted by atomic mass is 9.88. The predicted octanol–water partition coefficient (Wildman–Crippen LogP) is 0.250. The van der Waals surface area contributed by atoms with Crippen molar-refractivity contribution < 1.29 is 19.4 Å². The van der Waals surface area contributed by atoms with E-state index in [-0.39, 0.29) is 18.4 Å². The first-order valence-corrected chi connectivity index (χ1v) is 8.33. The first-order valence-electron chi connectivity index (χ1n) is 8.33. The SMILES string of the molecule is CNCCNC(=O)C(C)(C)CCOC(C)(C)CN1C(=O)C=CC1O. The fourth-order valence-electron chi connectivity index (χ4n) is 2.36. The Morgan fingerprint density at radius 2 is 2.00 bits per heavy atom. The van der Waals surface area contributed by atoms with Crippen LogP contribution in [-0.2, 0) is 14.3 Å². The molecule has 0 aromatic carbocycles. The predicted molar refractivity (Wildman–Crippen MR) is 92.2 cm³/mol. The zero-order chi connectivity index (χ0) is 18.4. The van der Waals surface area contributed by atoms with Gasteiger partial charge in [-0.05, 0) is 33.4 Å². The van der Waals surface area contributed by atoms with Gasteiger partial charge in [-0.2, -0.15) is 0 Å². The van der Waals surface area contributed by atoms with E-state index in [1.807, 2.05) is 34.7 Å².